The maximum absolute atomic E-state index is 12.7. The lowest BCUT2D eigenvalue weighted by Crippen LogP contribution is -2.17. The van der Waals surface area contributed by atoms with Gasteiger partial charge in [0.2, 0.25) is 5.82 Å². The van der Waals surface area contributed by atoms with Gasteiger partial charge in [-0.15, -0.1) is 13.2 Å². The number of benzene rings is 3. The van der Waals surface area contributed by atoms with E-state index >= 15 is 0 Å². The molecule has 3 N–H and O–H groups in total. The van der Waals surface area contributed by atoms with E-state index in [0.717, 1.165) is 17.7 Å². The normalized spacial score (nSPS) is 10.8. The molecule has 39 heavy (non-hydrogen) atoms. The topological polar surface area (TPSA) is 158 Å². The molecule has 0 saturated heterocycles. The standard InChI is InChI=1S/C25H17F3N6O5/c26-25(27,28)39-18-8-4-7-17(12-18)37-23-21(34(35)36)22(31-14-15-5-2-1-3-6-15)32-24(33-23)38-20-11-16(13-29)9-10-19(20)30/h1-12H,14,30H2,(H,31,32,33). The zero-order valence-electron chi connectivity index (χ0n) is 19.7. The van der Waals surface area contributed by atoms with Gasteiger partial charge in [-0.25, -0.2) is 0 Å². The lowest BCUT2D eigenvalue weighted by atomic mass is 10.2. The average Bonchev–Trinajstić information content (AvgIpc) is 2.88. The second-order valence-electron chi connectivity index (χ2n) is 7.70. The number of hydrogen-bond donors (Lipinski definition) is 2. The van der Waals surface area contributed by atoms with E-state index in [0.29, 0.717) is 0 Å². The van der Waals surface area contributed by atoms with Crippen molar-refractivity contribution in [2.75, 3.05) is 11.1 Å². The molecule has 0 atom stereocenters. The maximum Gasteiger partial charge on any atom is 0.573 e. The van der Waals surface area contributed by atoms with Gasteiger partial charge in [-0.3, -0.25) is 10.1 Å². The molecule has 0 radical (unpaired) electrons. The summed E-state index contributed by atoms with van der Waals surface area (Å²) in [7, 11) is 0. The summed E-state index contributed by atoms with van der Waals surface area (Å²) in [5, 5.41) is 24.1. The van der Waals surface area contributed by atoms with Crippen molar-refractivity contribution in [3.63, 3.8) is 0 Å². The van der Waals surface area contributed by atoms with Crippen LogP contribution in [-0.2, 0) is 6.54 Å². The molecule has 14 heteroatoms. The van der Waals surface area contributed by atoms with Crippen LogP contribution in [0.3, 0.4) is 0 Å². The fraction of sp³-hybridized carbons (Fsp3) is 0.0800. The van der Waals surface area contributed by atoms with Gasteiger partial charge < -0.3 is 25.3 Å². The lowest BCUT2D eigenvalue weighted by molar-refractivity contribution is -0.385. The van der Waals surface area contributed by atoms with Crippen LogP contribution >= 0.6 is 0 Å². The number of nitrogen functional groups attached to an aromatic ring is 1. The largest absolute Gasteiger partial charge is 0.573 e. The molecule has 3 aromatic carbocycles. The SMILES string of the molecule is N#Cc1ccc(N)c(Oc2nc(NCc3ccccc3)c([N+](=O)[O-])c(Oc3cccc(OC(F)(F)F)c3)n2)c1. The molecule has 4 aromatic rings. The van der Waals surface area contributed by atoms with Crippen LogP contribution in [0.1, 0.15) is 11.1 Å². The Kier molecular flexibility index (Phi) is 7.62. The van der Waals surface area contributed by atoms with E-state index in [4.69, 9.17) is 15.2 Å². The van der Waals surface area contributed by atoms with E-state index in [-0.39, 0.29) is 35.1 Å². The summed E-state index contributed by atoms with van der Waals surface area (Å²) < 4.78 is 53.0. The van der Waals surface area contributed by atoms with Gasteiger partial charge in [0.25, 0.3) is 0 Å². The number of alkyl halides is 3. The highest BCUT2D eigenvalue weighted by molar-refractivity contribution is 5.64. The van der Waals surface area contributed by atoms with Crippen LogP contribution < -0.4 is 25.3 Å². The minimum Gasteiger partial charge on any atom is -0.433 e. The number of nitrogens with two attached hydrogens (primary N) is 1. The van der Waals surface area contributed by atoms with Gasteiger partial charge in [-0.2, -0.15) is 15.2 Å². The van der Waals surface area contributed by atoms with Crippen LogP contribution in [0.25, 0.3) is 0 Å². The van der Waals surface area contributed by atoms with Gasteiger partial charge in [-0.05, 0) is 29.8 Å². The Bertz CT molecular complexity index is 1540. The molecule has 11 nitrogen and oxygen atoms in total. The fourth-order valence-electron chi connectivity index (χ4n) is 3.24. The van der Waals surface area contributed by atoms with Crippen LogP contribution in [0.15, 0.2) is 72.8 Å². The average molecular weight is 538 g/mol. The van der Waals surface area contributed by atoms with E-state index in [1.807, 2.05) is 6.07 Å². The first-order chi connectivity index (χ1) is 18.6. The van der Waals surface area contributed by atoms with Crippen molar-refractivity contribution < 1.29 is 32.3 Å². The Morgan fingerprint density at radius 1 is 1.00 bits per heavy atom. The molecule has 1 heterocycles. The fourth-order valence-corrected chi connectivity index (χ4v) is 3.24. The van der Waals surface area contributed by atoms with Crippen molar-refractivity contribution in [1.82, 2.24) is 9.97 Å². The lowest BCUT2D eigenvalue weighted by Gasteiger charge is -2.14. The number of anilines is 2. The summed E-state index contributed by atoms with van der Waals surface area (Å²) in [6.45, 7) is 0.110. The molecule has 0 spiro atoms. The van der Waals surface area contributed by atoms with Crippen molar-refractivity contribution in [1.29, 1.82) is 5.26 Å². The first-order valence-electron chi connectivity index (χ1n) is 11.0. The van der Waals surface area contributed by atoms with Gasteiger partial charge in [0.1, 0.15) is 11.5 Å². The molecule has 0 fully saturated rings. The number of nitrogens with zero attached hydrogens (tertiary/aromatic N) is 4. The molecule has 4 rings (SSSR count). The van der Waals surface area contributed by atoms with Crippen molar-refractivity contribution in [2.45, 2.75) is 12.9 Å². The molecule has 0 saturated carbocycles. The highest BCUT2D eigenvalue weighted by Gasteiger charge is 2.32. The van der Waals surface area contributed by atoms with Crippen LogP contribution in [0.5, 0.6) is 29.1 Å². The highest BCUT2D eigenvalue weighted by Crippen LogP contribution is 2.39. The molecule has 0 aliphatic heterocycles. The van der Waals surface area contributed by atoms with Gasteiger partial charge in [0.15, 0.2) is 5.75 Å². The van der Waals surface area contributed by atoms with Crippen molar-refractivity contribution >= 4 is 17.2 Å². The van der Waals surface area contributed by atoms with Gasteiger partial charge in [-0.1, -0.05) is 36.4 Å². The molecule has 0 amide bonds. The number of ether oxygens (including phenoxy) is 3. The molecule has 198 valence electrons. The van der Waals surface area contributed by atoms with E-state index in [9.17, 15) is 28.5 Å². The summed E-state index contributed by atoms with van der Waals surface area (Å²) >= 11 is 0. The molecule has 1 aromatic heterocycles. The third-order valence-electron chi connectivity index (χ3n) is 4.91. The number of rotatable bonds is 9. The predicted molar refractivity (Wildman–Crippen MR) is 131 cm³/mol. The summed E-state index contributed by atoms with van der Waals surface area (Å²) in [6, 6.07) is 18.9. The molecule has 0 unspecified atom stereocenters. The predicted octanol–water partition coefficient (Wildman–Crippen LogP) is 5.93. The molecule has 0 aliphatic rings. The molecule has 0 aliphatic carbocycles. The number of hydrogen-bond acceptors (Lipinski definition) is 10. The van der Waals surface area contributed by atoms with Gasteiger partial charge >= 0.3 is 23.9 Å². The number of nitriles is 1. The quantitative estimate of drug-likeness (QED) is 0.148. The summed E-state index contributed by atoms with van der Waals surface area (Å²) in [6.07, 6.45) is -4.97. The Morgan fingerprint density at radius 3 is 2.44 bits per heavy atom. The van der Waals surface area contributed by atoms with Crippen molar-refractivity contribution in [3.05, 3.63) is 94.0 Å². The monoisotopic (exact) mass is 538 g/mol. The Hall–Kier alpha value is -5.58. The van der Waals surface area contributed by atoms with Crippen LogP contribution in [-0.4, -0.2) is 21.3 Å². The third-order valence-corrected chi connectivity index (χ3v) is 4.91. The van der Waals surface area contributed by atoms with Crippen molar-refractivity contribution in [2.24, 2.45) is 0 Å². The summed E-state index contributed by atoms with van der Waals surface area (Å²) in [5.74, 6) is -1.81. The minimum absolute atomic E-state index is 0.0107. The minimum atomic E-state index is -4.97. The van der Waals surface area contributed by atoms with E-state index < -0.39 is 34.6 Å². The molecule has 0 bridgehead atoms. The Labute approximate surface area is 218 Å². The summed E-state index contributed by atoms with van der Waals surface area (Å²) in [4.78, 5) is 19.3. The third kappa shape index (κ3) is 7.01. The van der Waals surface area contributed by atoms with Crippen molar-refractivity contribution in [3.8, 4) is 35.2 Å². The number of nitrogens with one attached hydrogen (secondary N) is 1. The Balaban J connectivity index is 1.76. The smallest absolute Gasteiger partial charge is 0.433 e. The first-order valence-corrected chi connectivity index (χ1v) is 11.0. The van der Waals surface area contributed by atoms with Crippen LogP contribution in [0.2, 0.25) is 0 Å². The van der Waals surface area contributed by atoms with E-state index in [1.54, 1.807) is 30.3 Å². The van der Waals surface area contributed by atoms with Gasteiger partial charge in [0.05, 0.1) is 22.2 Å². The highest BCUT2D eigenvalue weighted by atomic mass is 19.4. The number of nitro groups is 1. The molecular weight excluding hydrogens is 521 g/mol. The second kappa shape index (κ2) is 11.2. The van der Waals surface area contributed by atoms with Gasteiger partial charge in [0, 0.05) is 18.7 Å². The van der Waals surface area contributed by atoms with E-state index in [1.165, 1.54) is 30.3 Å². The zero-order chi connectivity index (χ0) is 28.0. The van der Waals surface area contributed by atoms with Crippen LogP contribution in [0.4, 0.5) is 30.4 Å². The second-order valence-corrected chi connectivity index (χ2v) is 7.70. The van der Waals surface area contributed by atoms with E-state index in [2.05, 4.69) is 20.0 Å². The Morgan fingerprint density at radius 2 is 1.74 bits per heavy atom. The van der Waals surface area contributed by atoms with Crippen LogP contribution in [0, 0.1) is 21.4 Å². The molecular formula is C25H17F3N6O5. The maximum atomic E-state index is 12.7. The number of aromatic nitrogens is 2. The first kappa shape index (κ1) is 26.5. The summed E-state index contributed by atoms with van der Waals surface area (Å²) in [5.41, 5.74) is 6.30. The number of halogens is 3. The zero-order valence-corrected chi connectivity index (χ0v) is 19.7.